The minimum atomic E-state index is -0.561. The molecule has 1 atom stereocenters. The number of rotatable bonds is 10. The second kappa shape index (κ2) is 11.7. The summed E-state index contributed by atoms with van der Waals surface area (Å²) in [4.78, 5) is 12.6. The predicted octanol–water partition coefficient (Wildman–Crippen LogP) is 3.86. The van der Waals surface area contributed by atoms with Gasteiger partial charge in [0.15, 0.2) is 0 Å². The van der Waals surface area contributed by atoms with Gasteiger partial charge in [-0.1, -0.05) is 79.9 Å². The summed E-state index contributed by atoms with van der Waals surface area (Å²) in [6.45, 7) is 1.78. The van der Waals surface area contributed by atoms with E-state index in [1.165, 1.54) is 32.1 Å². The molecule has 0 radical (unpaired) electrons. The molecule has 0 unspecified atom stereocenters. The minimum Gasteiger partial charge on any atom is -0.390 e. The lowest BCUT2D eigenvalue weighted by atomic mass is 9.88. The Morgan fingerprint density at radius 2 is 1.48 bits per heavy atom. The van der Waals surface area contributed by atoms with E-state index in [0.29, 0.717) is 13.0 Å². The summed E-state index contributed by atoms with van der Waals surface area (Å²) in [5.41, 5.74) is 2.26. The van der Waals surface area contributed by atoms with Gasteiger partial charge in [-0.05, 0) is 36.4 Å². The van der Waals surface area contributed by atoms with Gasteiger partial charge in [0, 0.05) is 25.4 Å². The molecule has 29 heavy (non-hydrogen) atoms. The highest BCUT2D eigenvalue weighted by atomic mass is 16.3. The van der Waals surface area contributed by atoms with Crippen molar-refractivity contribution in [2.75, 3.05) is 19.6 Å². The zero-order valence-corrected chi connectivity index (χ0v) is 17.2. The van der Waals surface area contributed by atoms with Gasteiger partial charge in [-0.2, -0.15) is 0 Å². The van der Waals surface area contributed by atoms with Crippen LogP contribution >= 0.6 is 0 Å². The average Bonchev–Trinajstić information content (AvgIpc) is 2.78. The number of carbonyl (C=O) groups is 1. The molecule has 0 bridgehead atoms. The Bertz CT molecular complexity index is 675. The van der Waals surface area contributed by atoms with E-state index < -0.39 is 6.10 Å². The number of nitrogens with one attached hydrogen (secondary N) is 2. The van der Waals surface area contributed by atoms with E-state index in [1.807, 2.05) is 36.4 Å². The highest BCUT2D eigenvalue weighted by Crippen LogP contribution is 2.27. The lowest BCUT2D eigenvalue weighted by molar-refractivity contribution is -0.121. The van der Waals surface area contributed by atoms with E-state index in [4.69, 9.17) is 0 Å². The minimum absolute atomic E-state index is 0.0129. The van der Waals surface area contributed by atoms with Crippen molar-refractivity contribution in [1.82, 2.24) is 10.6 Å². The molecule has 156 valence electrons. The Morgan fingerprint density at radius 3 is 2.07 bits per heavy atom. The van der Waals surface area contributed by atoms with Crippen LogP contribution in [0.15, 0.2) is 60.7 Å². The molecule has 0 aliphatic heterocycles. The molecule has 1 saturated carbocycles. The van der Waals surface area contributed by atoms with Crippen molar-refractivity contribution in [2.45, 2.75) is 50.5 Å². The van der Waals surface area contributed by atoms with Crippen LogP contribution in [0.1, 0.15) is 55.6 Å². The number of aliphatic hydroxyl groups excluding tert-OH is 1. The number of aliphatic hydroxyl groups is 1. The largest absolute Gasteiger partial charge is 0.390 e. The topological polar surface area (TPSA) is 61.4 Å². The van der Waals surface area contributed by atoms with E-state index in [0.717, 1.165) is 23.6 Å². The molecule has 4 heteroatoms. The highest BCUT2D eigenvalue weighted by Gasteiger charge is 2.19. The number of hydrogen-bond donors (Lipinski definition) is 3. The van der Waals surface area contributed by atoms with Gasteiger partial charge in [0.25, 0.3) is 0 Å². The fourth-order valence-corrected chi connectivity index (χ4v) is 4.21. The first-order valence-corrected chi connectivity index (χ1v) is 11.0. The van der Waals surface area contributed by atoms with Gasteiger partial charge in [0.1, 0.15) is 0 Å². The van der Waals surface area contributed by atoms with Crippen molar-refractivity contribution >= 4 is 5.91 Å². The molecule has 0 heterocycles. The predicted molar refractivity (Wildman–Crippen MR) is 118 cm³/mol. The third-order valence-corrected chi connectivity index (χ3v) is 5.87. The first-order valence-electron chi connectivity index (χ1n) is 11.0. The lowest BCUT2D eigenvalue weighted by Crippen LogP contribution is -2.39. The maximum Gasteiger partial charge on any atom is 0.221 e. The second-order valence-electron chi connectivity index (χ2n) is 8.20. The van der Waals surface area contributed by atoms with Crippen molar-refractivity contribution in [1.29, 1.82) is 0 Å². The SMILES string of the molecule is O=C(CC(c1ccccc1)c1ccccc1)NC[C@H](O)CNCC1CCCCC1. The number of benzene rings is 2. The van der Waals surface area contributed by atoms with Crippen LogP contribution in [0.3, 0.4) is 0 Å². The fraction of sp³-hybridized carbons (Fsp3) is 0.480. The van der Waals surface area contributed by atoms with Crippen LogP contribution in [0.5, 0.6) is 0 Å². The summed E-state index contributed by atoms with van der Waals surface area (Å²) in [6.07, 6.45) is 6.41. The monoisotopic (exact) mass is 394 g/mol. The van der Waals surface area contributed by atoms with Crippen LogP contribution in [0.2, 0.25) is 0 Å². The Kier molecular flexibility index (Phi) is 8.72. The van der Waals surface area contributed by atoms with E-state index in [2.05, 4.69) is 34.9 Å². The van der Waals surface area contributed by atoms with E-state index in [1.54, 1.807) is 0 Å². The summed E-state index contributed by atoms with van der Waals surface area (Å²) in [6, 6.07) is 20.3. The molecular formula is C25H34N2O2. The fourth-order valence-electron chi connectivity index (χ4n) is 4.21. The maximum atomic E-state index is 12.6. The standard InChI is InChI=1S/C25H34N2O2/c28-23(18-26-17-20-10-4-1-5-11-20)19-27-25(29)16-24(21-12-6-2-7-13-21)22-14-8-3-9-15-22/h2-3,6-9,12-15,20,23-24,26,28H,1,4-5,10-11,16-19H2,(H,27,29)/t23-/m1/s1. The van der Waals surface area contributed by atoms with Crippen molar-refractivity contribution in [3.05, 3.63) is 71.8 Å². The van der Waals surface area contributed by atoms with Crippen molar-refractivity contribution < 1.29 is 9.90 Å². The van der Waals surface area contributed by atoms with Crippen LogP contribution in [0.25, 0.3) is 0 Å². The molecule has 3 N–H and O–H groups in total. The van der Waals surface area contributed by atoms with Crippen LogP contribution in [0, 0.1) is 5.92 Å². The smallest absolute Gasteiger partial charge is 0.221 e. The van der Waals surface area contributed by atoms with Crippen molar-refractivity contribution in [2.24, 2.45) is 5.92 Å². The average molecular weight is 395 g/mol. The van der Waals surface area contributed by atoms with Crippen molar-refractivity contribution in [3.8, 4) is 0 Å². The Labute approximate surface area is 174 Å². The van der Waals surface area contributed by atoms with Gasteiger partial charge in [-0.15, -0.1) is 0 Å². The van der Waals surface area contributed by atoms with Crippen molar-refractivity contribution in [3.63, 3.8) is 0 Å². The quantitative estimate of drug-likeness (QED) is 0.573. The van der Waals surface area contributed by atoms with Crippen LogP contribution < -0.4 is 10.6 Å². The maximum absolute atomic E-state index is 12.6. The van der Waals surface area contributed by atoms with E-state index >= 15 is 0 Å². The molecule has 3 rings (SSSR count). The Balaban J connectivity index is 1.45. The third-order valence-electron chi connectivity index (χ3n) is 5.87. The Hall–Kier alpha value is -2.17. The first-order chi connectivity index (χ1) is 14.2. The van der Waals surface area contributed by atoms with Gasteiger partial charge in [0.05, 0.1) is 6.10 Å². The number of carbonyl (C=O) groups excluding carboxylic acids is 1. The molecular weight excluding hydrogens is 360 g/mol. The molecule has 1 fully saturated rings. The zero-order valence-electron chi connectivity index (χ0n) is 17.2. The normalized spacial score (nSPS) is 15.9. The van der Waals surface area contributed by atoms with Gasteiger partial charge in [-0.25, -0.2) is 0 Å². The molecule has 0 aromatic heterocycles. The van der Waals surface area contributed by atoms with Gasteiger partial charge >= 0.3 is 0 Å². The van der Waals surface area contributed by atoms with Crippen LogP contribution in [-0.4, -0.2) is 36.8 Å². The molecule has 0 spiro atoms. The Morgan fingerprint density at radius 1 is 0.897 bits per heavy atom. The lowest BCUT2D eigenvalue weighted by Gasteiger charge is -2.23. The highest BCUT2D eigenvalue weighted by molar-refractivity contribution is 5.77. The van der Waals surface area contributed by atoms with Gasteiger partial charge in [0.2, 0.25) is 5.91 Å². The van der Waals surface area contributed by atoms with Gasteiger partial charge in [-0.3, -0.25) is 4.79 Å². The summed E-state index contributed by atoms with van der Waals surface area (Å²) >= 11 is 0. The second-order valence-corrected chi connectivity index (χ2v) is 8.20. The molecule has 2 aromatic rings. The molecule has 2 aromatic carbocycles. The molecule has 0 saturated heterocycles. The number of amides is 1. The molecule has 4 nitrogen and oxygen atoms in total. The molecule has 1 aliphatic carbocycles. The summed E-state index contributed by atoms with van der Waals surface area (Å²) in [7, 11) is 0. The number of hydrogen-bond acceptors (Lipinski definition) is 3. The zero-order chi connectivity index (χ0) is 20.3. The van der Waals surface area contributed by atoms with Crippen LogP contribution in [-0.2, 0) is 4.79 Å². The first kappa shape index (κ1) is 21.5. The van der Waals surface area contributed by atoms with E-state index in [-0.39, 0.29) is 18.4 Å². The van der Waals surface area contributed by atoms with E-state index in [9.17, 15) is 9.90 Å². The van der Waals surface area contributed by atoms with Crippen LogP contribution in [0.4, 0.5) is 0 Å². The summed E-state index contributed by atoms with van der Waals surface area (Å²) in [5, 5.41) is 16.5. The summed E-state index contributed by atoms with van der Waals surface area (Å²) < 4.78 is 0. The molecule has 1 aliphatic rings. The molecule has 1 amide bonds. The summed E-state index contributed by atoms with van der Waals surface area (Å²) in [5.74, 6) is 0.719. The third kappa shape index (κ3) is 7.30. The van der Waals surface area contributed by atoms with Gasteiger partial charge < -0.3 is 15.7 Å².